The number of hydrogen-bond acceptors (Lipinski definition) is 2. The van der Waals surface area contributed by atoms with E-state index in [0.717, 1.165) is 24.8 Å². The van der Waals surface area contributed by atoms with Crippen LogP contribution in [0.4, 0.5) is 0 Å². The molecule has 2 unspecified atom stereocenters. The van der Waals surface area contributed by atoms with E-state index in [1.54, 1.807) is 0 Å². The SMILES string of the molecule is Cc1ccc(CC(=O)C(C)CCCC(C)N)cc1C. The predicted octanol–water partition coefficient (Wildman–Crippen LogP) is 3.57. The Morgan fingerprint density at radius 2 is 1.84 bits per heavy atom. The van der Waals surface area contributed by atoms with Crippen molar-refractivity contribution in [3.05, 3.63) is 34.9 Å². The van der Waals surface area contributed by atoms with Gasteiger partial charge in [-0.15, -0.1) is 0 Å². The van der Waals surface area contributed by atoms with Crippen LogP contribution in [-0.4, -0.2) is 11.8 Å². The van der Waals surface area contributed by atoms with Crippen LogP contribution < -0.4 is 5.73 Å². The van der Waals surface area contributed by atoms with Crippen molar-refractivity contribution in [2.24, 2.45) is 11.7 Å². The zero-order valence-corrected chi connectivity index (χ0v) is 12.7. The first-order valence-corrected chi connectivity index (χ1v) is 7.24. The lowest BCUT2D eigenvalue weighted by Crippen LogP contribution is -2.17. The van der Waals surface area contributed by atoms with Gasteiger partial charge in [-0.3, -0.25) is 4.79 Å². The van der Waals surface area contributed by atoms with Crippen LogP contribution in [0.3, 0.4) is 0 Å². The average molecular weight is 261 g/mol. The molecular formula is C17H27NO. The van der Waals surface area contributed by atoms with Gasteiger partial charge in [0.2, 0.25) is 0 Å². The van der Waals surface area contributed by atoms with Gasteiger partial charge < -0.3 is 5.73 Å². The minimum atomic E-state index is 0.139. The van der Waals surface area contributed by atoms with Crippen LogP contribution in [0.2, 0.25) is 0 Å². The lowest BCUT2D eigenvalue weighted by molar-refractivity contribution is -0.121. The maximum absolute atomic E-state index is 12.2. The summed E-state index contributed by atoms with van der Waals surface area (Å²) in [6, 6.07) is 6.53. The van der Waals surface area contributed by atoms with Crippen molar-refractivity contribution in [1.29, 1.82) is 0 Å². The van der Waals surface area contributed by atoms with E-state index in [-0.39, 0.29) is 12.0 Å². The second kappa shape index (κ2) is 7.44. The standard InChI is InChI=1S/C17H27NO/c1-12-8-9-16(10-14(12)3)11-17(19)13(2)6-5-7-15(4)18/h8-10,13,15H,5-7,11,18H2,1-4H3. The fourth-order valence-electron chi connectivity index (χ4n) is 2.20. The molecule has 0 saturated heterocycles. The Hall–Kier alpha value is -1.15. The maximum atomic E-state index is 12.2. The topological polar surface area (TPSA) is 43.1 Å². The van der Waals surface area contributed by atoms with Crippen LogP contribution >= 0.6 is 0 Å². The van der Waals surface area contributed by atoms with Gasteiger partial charge in [-0.1, -0.05) is 31.5 Å². The Kier molecular flexibility index (Phi) is 6.23. The van der Waals surface area contributed by atoms with Crippen molar-refractivity contribution in [2.75, 3.05) is 0 Å². The number of ketones is 1. The molecule has 0 spiro atoms. The number of nitrogens with two attached hydrogens (primary N) is 1. The molecule has 1 aromatic rings. The minimum absolute atomic E-state index is 0.139. The van der Waals surface area contributed by atoms with E-state index in [2.05, 4.69) is 32.0 Å². The summed E-state index contributed by atoms with van der Waals surface area (Å²) in [6.45, 7) is 8.24. The monoisotopic (exact) mass is 261 g/mol. The average Bonchev–Trinajstić information content (AvgIpc) is 2.33. The van der Waals surface area contributed by atoms with Crippen LogP contribution in [-0.2, 0) is 11.2 Å². The largest absolute Gasteiger partial charge is 0.328 e. The molecule has 0 radical (unpaired) electrons. The van der Waals surface area contributed by atoms with Gasteiger partial charge >= 0.3 is 0 Å². The van der Waals surface area contributed by atoms with Gasteiger partial charge in [0.1, 0.15) is 5.78 Å². The third kappa shape index (κ3) is 5.56. The Bertz CT molecular complexity index is 423. The van der Waals surface area contributed by atoms with Crippen molar-refractivity contribution < 1.29 is 4.79 Å². The third-order valence-corrected chi connectivity index (χ3v) is 3.80. The molecule has 0 aliphatic heterocycles. The van der Waals surface area contributed by atoms with E-state index >= 15 is 0 Å². The second-order valence-corrected chi connectivity index (χ2v) is 5.87. The van der Waals surface area contributed by atoms with Gasteiger partial charge in [0.05, 0.1) is 0 Å². The summed E-state index contributed by atoms with van der Waals surface area (Å²) in [5.41, 5.74) is 9.39. The summed E-state index contributed by atoms with van der Waals surface area (Å²) in [5.74, 6) is 0.480. The Balaban J connectivity index is 2.47. The molecule has 19 heavy (non-hydrogen) atoms. The van der Waals surface area contributed by atoms with Crippen LogP contribution in [0.5, 0.6) is 0 Å². The molecule has 1 aromatic carbocycles. The quantitative estimate of drug-likeness (QED) is 0.815. The zero-order valence-electron chi connectivity index (χ0n) is 12.7. The predicted molar refractivity (Wildman–Crippen MR) is 81.3 cm³/mol. The lowest BCUT2D eigenvalue weighted by atomic mass is 9.93. The second-order valence-electron chi connectivity index (χ2n) is 5.87. The fourth-order valence-corrected chi connectivity index (χ4v) is 2.20. The molecule has 0 heterocycles. The molecule has 0 aliphatic rings. The molecule has 2 N–H and O–H groups in total. The van der Waals surface area contributed by atoms with Gasteiger partial charge in [-0.05, 0) is 50.3 Å². The summed E-state index contributed by atoms with van der Waals surface area (Å²) in [4.78, 5) is 12.2. The van der Waals surface area contributed by atoms with E-state index in [0.29, 0.717) is 12.2 Å². The van der Waals surface area contributed by atoms with Gasteiger partial charge in [0, 0.05) is 18.4 Å². The number of hydrogen-bond donors (Lipinski definition) is 1. The summed E-state index contributed by atoms with van der Waals surface area (Å²) in [7, 11) is 0. The number of benzene rings is 1. The molecule has 0 aliphatic carbocycles. The lowest BCUT2D eigenvalue weighted by Gasteiger charge is -2.12. The van der Waals surface area contributed by atoms with E-state index in [9.17, 15) is 4.79 Å². The maximum Gasteiger partial charge on any atom is 0.140 e. The number of rotatable bonds is 7. The zero-order chi connectivity index (χ0) is 14.4. The first kappa shape index (κ1) is 15.9. The van der Waals surface area contributed by atoms with Crippen LogP contribution in [0.15, 0.2) is 18.2 Å². The molecule has 0 bridgehead atoms. The summed E-state index contributed by atoms with van der Waals surface area (Å²) >= 11 is 0. The van der Waals surface area contributed by atoms with Crippen molar-refractivity contribution >= 4 is 5.78 Å². The molecule has 106 valence electrons. The molecule has 0 amide bonds. The minimum Gasteiger partial charge on any atom is -0.328 e. The smallest absolute Gasteiger partial charge is 0.140 e. The number of aryl methyl sites for hydroxylation is 2. The fraction of sp³-hybridized carbons (Fsp3) is 0.588. The van der Waals surface area contributed by atoms with Gasteiger partial charge in [0.15, 0.2) is 0 Å². The third-order valence-electron chi connectivity index (χ3n) is 3.80. The van der Waals surface area contributed by atoms with E-state index in [1.165, 1.54) is 11.1 Å². The highest BCUT2D eigenvalue weighted by atomic mass is 16.1. The molecule has 2 atom stereocenters. The van der Waals surface area contributed by atoms with Crippen molar-refractivity contribution in [1.82, 2.24) is 0 Å². The summed E-state index contributed by atoms with van der Waals surface area (Å²) in [5, 5.41) is 0. The number of Topliss-reactive ketones (excluding diaryl/α,β-unsaturated/α-hetero) is 1. The molecule has 2 heteroatoms. The van der Waals surface area contributed by atoms with E-state index in [1.807, 2.05) is 13.8 Å². The Morgan fingerprint density at radius 1 is 1.16 bits per heavy atom. The highest BCUT2D eigenvalue weighted by Crippen LogP contribution is 2.15. The van der Waals surface area contributed by atoms with Crippen molar-refractivity contribution in [3.63, 3.8) is 0 Å². The number of carbonyl (C=O) groups excluding carboxylic acids is 1. The summed E-state index contributed by atoms with van der Waals surface area (Å²) < 4.78 is 0. The highest BCUT2D eigenvalue weighted by Gasteiger charge is 2.13. The molecule has 0 saturated carbocycles. The van der Waals surface area contributed by atoms with Crippen molar-refractivity contribution in [2.45, 2.75) is 59.4 Å². The van der Waals surface area contributed by atoms with E-state index in [4.69, 9.17) is 5.73 Å². The van der Waals surface area contributed by atoms with Crippen LogP contribution in [0.25, 0.3) is 0 Å². The Morgan fingerprint density at radius 3 is 2.42 bits per heavy atom. The normalized spacial score (nSPS) is 14.2. The number of carbonyl (C=O) groups is 1. The molecule has 1 rings (SSSR count). The molecule has 0 aromatic heterocycles. The summed E-state index contributed by atoms with van der Waals surface area (Å²) in [6.07, 6.45) is 3.55. The van der Waals surface area contributed by atoms with E-state index < -0.39 is 0 Å². The molecule has 0 fully saturated rings. The molecular weight excluding hydrogens is 234 g/mol. The van der Waals surface area contributed by atoms with Crippen LogP contribution in [0, 0.1) is 19.8 Å². The van der Waals surface area contributed by atoms with Gasteiger partial charge in [-0.2, -0.15) is 0 Å². The van der Waals surface area contributed by atoms with Gasteiger partial charge in [-0.25, -0.2) is 0 Å². The molecule has 2 nitrogen and oxygen atoms in total. The van der Waals surface area contributed by atoms with Crippen molar-refractivity contribution in [3.8, 4) is 0 Å². The van der Waals surface area contributed by atoms with Gasteiger partial charge in [0.25, 0.3) is 0 Å². The first-order valence-electron chi connectivity index (χ1n) is 7.24. The highest BCUT2D eigenvalue weighted by molar-refractivity contribution is 5.82. The van der Waals surface area contributed by atoms with Crippen LogP contribution in [0.1, 0.15) is 49.8 Å². The Labute approximate surface area is 117 Å². The first-order chi connectivity index (χ1) is 8.90.